The number of benzene rings is 1. The van der Waals surface area contributed by atoms with Crippen LogP contribution in [-0.2, 0) is 11.2 Å². The van der Waals surface area contributed by atoms with Crippen molar-refractivity contribution < 1.29 is 9.90 Å². The predicted octanol–water partition coefficient (Wildman–Crippen LogP) is 3.31. The van der Waals surface area contributed by atoms with Gasteiger partial charge in [0.05, 0.1) is 5.97 Å². The number of carbonyl (C=O) groups excluding carboxylic acids is 1. The summed E-state index contributed by atoms with van der Waals surface area (Å²) in [5, 5.41) is 19.4. The van der Waals surface area contributed by atoms with Crippen LogP contribution in [0.1, 0.15) is 29.7 Å². The van der Waals surface area contributed by atoms with Crippen LogP contribution in [0.3, 0.4) is 0 Å². The summed E-state index contributed by atoms with van der Waals surface area (Å²) >= 11 is 6.94. The van der Waals surface area contributed by atoms with Gasteiger partial charge < -0.3 is 14.5 Å². The number of halogens is 1. The van der Waals surface area contributed by atoms with E-state index in [4.69, 9.17) is 11.6 Å². The highest BCUT2D eigenvalue weighted by Gasteiger charge is 2.13. The lowest BCUT2D eigenvalue weighted by molar-refractivity contribution is -0.297. The van der Waals surface area contributed by atoms with Crippen LogP contribution < -0.4 is 5.11 Å². The summed E-state index contributed by atoms with van der Waals surface area (Å²) in [5.74, 6) is -0.560. The quantitative estimate of drug-likeness (QED) is 0.505. The van der Waals surface area contributed by atoms with Crippen molar-refractivity contribution in [3.05, 3.63) is 63.0 Å². The van der Waals surface area contributed by atoms with Crippen LogP contribution in [0.2, 0.25) is 5.02 Å². The Balaban J connectivity index is 1.97. The van der Waals surface area contributed by atoms with Crippen molar-refractivity contribution in [2.75, 3.05) is 0 Å². The molecule has 0 aliphatic carbocycles. The van der Waals surface area contributed by atoms with Crippen LogP contribution >= 0.6 is 23.4 Å². The fraction of sp³-hybridized carbons (Fsp3) is 0.211. The molecule has 0 aliphatic heterocycles. The van der Waals surface area contributed by atoms with Gasteiger partial charge in [0, 0.05) is 33.4 Å². The van der Waals surface area contributed by atoms with Crippen LogP contribution in [0, 0.1) is 13.8 Å². The van der Waals surface area contributed by atoms with E-state index in [1.54, 1.807) is 6.08 Å². The third-order valence-electron chi connectivity index (χ3n) is 4.09. The number of hydrogen-bond acceptors (Lipinski definition) is 5. The van der Waals surface area contributed by atoms with Gasteiger partial charge in [-0.15, -0.1) is 5.10 Å². The second-order valence-corrected chi connectivity index (χ2v) is 7.40. The number of hydrogen-bond donors (Lipinski definition) is 1. The fourth-order valence-electron chi connectivity index (χ4n) is 2.77. The number of H-pyrrole nitrogens is 1. The maximum absolute atomic E-state index is 11.6. The summed E-state index contributed by atoms with van der Waals surface area (Å²) in [5.41, 5.74) is 3.65. The number of aryl methyl sites for hydroxylation is 2. The molecule has 6 nitrogen and oxygen atoms in total. The summed E-state index contributed by atoms with van der Waals surface area (Å²) in [6.45, 7) is 5.84. The molecule has 3 rings (SSSR count). The van der Waals surface area contributed by atoms with Gasteiger partial charge in [-0.05, 0) is 67.6 Å². The molecule has 0 bridgehead atoms. The number of aromatic nitrogens is 4. The molecule has 8 heteroatoms. The number of nitrogens with zero attached hydrogens (tertiary/aromatic N) is 3. The van der Waals surface area contributed by atoms with Crippen molar-refractivity contribution in [2.45, 2.75) is 32.3 Å². The summed E-state index contributed by atoms with van der Waals surface area (Å²) in [4.78, 5) is 15.9. The molecule has 3 aromatic rings. The van der Waals surface area contributed by atoms with Gasteiger partial charge in [0.15, 0.2) is 0 Å². The predicted molar refractivity (Wildman–Crippen MR) is 105 cm³/mol. The SMILES string of the molecule is CCc1nc(S/C(=C\c2cc(C)n(-c3ccc(Cl)cc3)c2C)C(=O)[O-])n[nH]1. The molecule has 0 spiro atoms. The Morgan fingerprint density at radius 3 is 2.63 bits per heavy atom. The second kappa shape index (κ2) is 8.02. The van der Waals surface area contributed by atoms with Gasteiger partial charge in [0.1, 0.15) is 5.82 Å². The number of carboxylic acid groups (broad SMARTS) is 1. The number of nitrogens with one attached hydrogen (secondary N) is 1. The zero-order valence-corrected chi connectivity index (χ0v) is 16.7. The molecule has 0 aliphatic rings. The van der Waals surface area contributed by atoms with E-state index < -0.39 is 5.97 Å². The average Bonchev–Trinajstić information content (AvgIpc) is 3.20. The maximum atomic E-state index is 11.6. The van der Waals surface area contributed by atoms with Gasteiger partial charge in [-0.1, -0.05) is 18.5 Å². The summed E-state index contributed by atoms with van der Waals surface area (Å²) in [6.07, 6.45) is 2.29. The first-order chi connectivity index (χ1) is 12.9. The van der Waals surface area contributed by atoms with Gasteiger partial charge in [0.2, 0.25) is 5.16 Å². The van der Waals surface area contributed by atoms with Crippen molar-refractivity contribution in [2.24, 2.45) is 0 Å². The highest BCUT2D eigenvalue weighted by molar-refractivity contribution is 8.04. The van der Waals surface area contributed by atoms with Gasteiger partial charge in [-0.2, -0.15) is 0 Å². The van der Waals surface area contributed by atoms with Crippen molar-refractivity contribution >= 4 is 35.4 Å². The van der Waals surface area contributed by atoms with Gasteiger partial charge in [-0.25, -0.2) is 4.98 Å². The minimum atomic E-state index is -1.26. The van der Waals surface area contributed by atoms with E-state index in [1.807, 2.05) is 55.7 Å². The van der Waals surface area contributed by atoms with E-state index in [0.29, 0.717) is 22.4 Å². The molecule has 140 valence electrons. The largest absolute Gasteiger partial charge is 0.544 e. The summed E-state index contributed by atoms with van der Waals surface area (Å²) < 4.78 is 2.04. The monoisotopic (exact) mass is 401 g/mol. The van der Waals surface area contributed by atoms with Crippen LogP contribution in [0.15, 0.2) is 40.4 Å². The second-order valence-electron chi connectivity index (χ2n) is 5.95. The Morgan fingerprint density at radius 1 is 1.33 bits per heavy atom. The molecule has 0 amide bonds. The molecule has 0 saturated heterocycles. The molecule has 0 fully saturated rings. The normalized spacial score (nSPS) is 11.8. The maximum Gasteiger partial charge on any atom is 0.213 e. The summed E-state index contributed by atoms with van der Waals surface area (Å²) in [6, 6.07) is 9.42. The van der Waals surface area contributed by atoms with Gasteiger partial charge in [0.25, 0.3) is 0 Å². The third kappa shape index (κ3) is 4.26. The van der Waals surface area contributed by atoms with Gasteiger partial charge >= 0.3 is 0 Å². The van der Waals surface area contributed by atoms with Crippen LogP contribution in [-0.4, -0.2) is 25.7 Å². The molecule has 0 radical (unpaired) electrons. The molecule has 1 aromatic carbocycles. The van der Waals surface area contributed by atoms with Gasteiger partial charge in [-0.3, -0.25) is 5.10 Å². The highest BCUT2D eigenvalue weighted by atomic mass is 35.5. The Labute approximate surface area is 166 Å². The zero-order valence-electron chi connectivity index (χ0n) is 15.1. The molecule has 1 N–H and O–H groups in total. The van der Waals surface area contributed by atoms with E-state index in [1.165, 1.54) is 0 Å². The number of aliphatic carboxylic acids is 1. The molecular weight excluding hydrogens is 384 g/mol. The zero-order chi connectivity index (χ0) is 19.6. The first-order valence-electron chi connectivity index (χ1n) is 8.36. The first kappa shape index (κ1) is 19.3. The van der Waals surface area contributed by atoms with Crippen molar-refractivity contribution in [1.29, 1.82) is 0 Å². The molecule has 0 atom stereocenters. The number of rotatable bonds is 6. The molecule has 2 heterocycles. The molecule has 0 unspecified atom stereocenters. The molecule has 0 saturated carbocycles. The van der Waals surface area contributed by atoms with Crippen LogP contribution in [0.5, 0.6) is 0 Å². The fourth-order valence-corrected chi connectivity index (χ4v) is 3.61. The smallest absolute Gasteiger partial charge is 0.213 e. The molecule has 27 heavy (non-hydrogen) atoms. The highest BCUT2D eigenvalue weighted by Crippen LogP contribution is 2.29. The van der Waals surface area contributed by atoms with E-state index in [9.17, 15) is 9.90 Å². The average molecular weight is 402 g/mol. The Kier molecular flexibility index (Phi) is 5.72. The Morgan fingerprint density at radius 2 is 2.04 bits per heavy atom. The Bertz CT molecular complexity index is 1010. The number of carbonyl (C=O) groups is 1. The minimum Gasteiger partial charge on any atom is -0.544 e. The van der Waals surface area contributed by atoms with E-state index in [-0.39, 0.29) is 4.91 Å². The first-order valence-corrected chi connectivity index (χ1v) is 9.55. The minimum absolute atomic E-state index is 0.0491. The van der Waals surface area contributed by atoms with Crippen molar-refractivity contribution in [3.63, 3.8) is 0 Å². The van der Waals surface area contributed by atoms with Crippen LogP contribution in [0.25, 0.3) is 11.8 Å². The van der Waals surface area contributed by atoms with Crippen LogP contribution in [0.4, 0.5) is 0 Å². The van der Waals surface area contributed by atoms with Crippen molar-refractivity contribution in [1.82, 2.24) is 19.7 Å². The van der Waals surface area contributed by atoms with E-state index in [2.05, 4.69) is 15.2 Å². The lowest BCUT2D eigenvalue weighted by Crippen LogP contribution is -2.23. The standard InChI is InChI=1S/C19H19ClN4O2S/c1-4-17-21-19(23-22-17)27-16(18(25)26)10-13-9-11(2)24(12(13)3)15-7-5-14(20)6-8-15/h5-10H,4H2,1-3H3,(H,25,26)(H,21,22,23)/p-1/b16-10-. The summed E-state index contributed by atoms with van der Waals surface area (Å²) in [7, 11) is 0. The lowest BCUT2D eigenvalue weighted by Gasteiger charge is -2.10. The molecular formula is C19H18ClN4O2S-. The van der Waals surface area contributed by atoms with Crippen molar-refractivity contribution in [3.8, 4) is 5.69 Å². The number of thioether (sulfide) groups is 1. The lowest BCUT2D eigenvalue weighted by atomic mass is 10.2. The number of carboxylic acids is 1. The topological polar surface area (TPSA) is 86.6 Å². The number of aromatic amines is 1. The van der Waals surface area contributed by atoms with E-state index >= 15 is 0 Å². The van der Waals surface area contributed by atoms with E-state index in [0.717, 1.165) is 34.4 Å². The third-order valence-corrected chi connectivity index (χ3v) is 5.21. The Hall–Kier alpha value is -2.51. The molecule has 2 aromatic heterocycles.